The van der Waals surface area contributed by atoms with Gasteiger partial charge in [-0.25, -0.2) is 0 Å². The summed E-state index contributed by atoms with van der Waals surface area (Å²) in [7, 11) is 0. The number of ether oxygens (including phenoxy) is 1. The van der Waals surface area contributed by atoms with E-state index in [-0.39, 0.29) is 18.4 Å². The minimum absolute atomic E-state index is 0.118. The maximum absolute atomic E-state index is 11.4. The zero-order chi connectivity index (χ0) is 14.1. The number of nitrogens with one attached hydrogen (secondary N) is 2. The summed E-state index contributed by atoms with van der Waals surface area (Å²) >= 11 is 0. The van der Waals surface area contributed by atoms with Gasteiger partial charge < -0.3 is 15.4 Å². The minimum atomic E-state index is -0.279. The molecular weight excluding hydrogens is 244 g/mol. The molecular formula is C14H20N2O3. The molecule has 0 fully saturated rings. The summed E-state index contributed by atoms with van der Waals surface area (Å²) in [6, 6.07) is 7.17. The third-order valence-electron chi connectivity index (χ3n) is 2.38. The van der Waals surface area contributed by atoms with E-state index in [2.05, 4.69) is 10.6 Å². The average molecular weight is 264 g/mol. The number of hydrogen-bond donors (Lipinski definition) is 2. The van der Waals surface area contributed by atoms with Crippen LogP contribution in [0.25, 0.3) is 0 Å². The number of esters is 1. The lowest BCUT2D eigenvalue weighted by atomic mass is 10.2. The van der Waals surface area contributed by atoms with Crippen molar-refractivity contribution in [2.45, 2.75) is 26.7 Å². The Kier molecular flexibility index (Phi) is 6.43. The Hall–Kier alpha value is -2.04. The summed E-state index contributed by atoms with van der Waals surface area (Å²) in [6.07, 6.45) is 1.88. The van der Waals surface area contributed by atoms with Crippen molar-refractivity contribution in [3.05, 3.63) is 24.3 Å². The third kappa shape index (κ3) is 6.45. The molecule has 0 aliphatic carbocycles. The van der Waals surface area contributed by atoms with Gasteiger partial charge in [0, 0.05) is 18.3 Å². The molecule has 1 rings (SSSR count). The number of rotatable bonds is 7. The van der Waals surface area contributed by atoms with Crippen molar-refractivity contribution in [3.63, 3.8) is 0 Å². The lowest BCUT2D eigenvalue weighted by Crippen LogP contribution is -2.17. The van der Waals surface area contributed by atoms with Gasteiger partial charge in [-0.2, -0.15) is 0 Å². The van der Waals surface area contributed by atoms with Gasteiger partial charge in [-0.15, -0.1) is 0 Å². The van der Waals surface area contributed by atoms with Gasteiger partial charge >= 0.3 is 5.97 Å². The molecule has 0 saturated carbocycles. The molecule has 0 heterocycles. The molecule has 19 heavy (non-hydrogen) atoms. The average Bonchev–Trinajstić information content (AvgIpc) is 2.36. The van der Waals surface area contributed by atoms with Crippen LogP contribution in [0, 0.1) is 0 Å². The molecule has 0 aliphatic rings. The standard InChI is InChI=1S/C14H20N2O3/c1-3-4-8-19-14(18)10-15-12-6-5-7-13(9-12)16-11(2)17/h5-7,9,15H,3-4,8,10H2,1-2H3,(H,16,17). The summed E-state index contributed by atoms with van der Waals surface area (Å²) in [4.78, 5) is 22.3. The van der Waals surface area contributed by atoms with Gasteiger partial charge in [-0.1, -0.05) is 19.4 Å². The number of carbonyl (C=O) groups excluding carboxylic acids is 2. The SMILES string of the molecule is CCCCOC(=O)CNc1cccc(NC(C)=O)c1. The molecule has 0 aromatic heterocycles. The van der Waals surface area contributed by atoms with Crippen LogP contribution >= 0.6 is 0 Å². The van der Waals surface area contributed by atoms with Crippen molar-refractivity contribution in [1.29, 1.82) is 0 Å². The second-order valence-corrected chi connectivity index (χ2v) is 4.19. The van der Waals surface area contributed by atoms with Crippen LogP contribution in [-0.2, 0) is 14.3 Å². The molecule has 5 nitrogen and oxygen atoms in total. The Bertz CT molecular complexity index is 432. The van der Waals surface area contributed by atoms with Crippen LogP contribution in [0.1, 0.15) is 26.7 Å². The summed E-state index contributed by atoms with van der Waals surface area (Å²) in [5, 5.41) is 5.64. The van der Waals surface area contributed by atoms with E-state index >= 15 is 0 Å². The van der Waals surface area contributed by atoms with Crippen molar-refractivity contribution in [3.8, 4) is 0 Å². The van der Waals surface area contributed by atoms with E-state index in [9.17, 15) is 9.59 Å². The van der Waals surface area contributed by atoms with Gasteiger partial charge in [-0.05, 0) is 24.6 Å². The summed E-state index contributed by atoms with van der Waals surface area (Å²) in [5.74, 6) is -0.408. The summed E-state index contributed by atoms with van der Waals surface area (Å²) in [5.41, 5.74) is 1.45. The van der Waals surface area contributed by atoms with Crippen molar-refractivity contribution >= 4 is 23.3 Å². The van der Waals surface area contributed by atoms with Crippen LogP contribution in [0.3, 0.4) is 0 Å². The lowest BCUT2D eigenvalue weighted by Gasteiger charge is -2.08. The highest BCUT2D eigenvalue weighted by atomic mass is 16.5. The van der Waals surface area contributed by atoms with Crippen LogP contribution in [0.4, 0.5) is 11.4 Å². The molecule has 0 aliphatic heterocycles. The first-order chi connectivity index (χ1) is 9.11. The molecule has 104 valence electrons. The van der Waals surface area contributed by atoms with Gasteiger partial charge in [0.1, 0.15) is 6.54 Å². The monoisotopic (exact) mass is 264 g/mol. The number of amides is 1. The van der Waals surface area contributed by atoms with Crippen molar-refractivity contribution in [1.82, 2.24) is 0 Å². The third-order valence-corrected chi connectivity index (χ3v) is 2.38. The number of unbranched alkanes of at least 4 members (excludes halogenated alkanes) is 1. The highest BCUT2D eigenvalue weighted by Gasteiger charge is 2.03. The number of benzene rings is 1. The zero-order valence-electron chi connectivity index (χ0n) is 11.4. The lowest BCUT2D eigenvalue weighted by molar-refractivity contribution is -0.141. The van der Waals surface area contributed by atoms with Crippen LogP contribution in [0.5, 0.6) is 0 Å². The molecule has 1 amide bonds. The second kappa shape index (κ2) is 8.13. The molecule has 1 aromatic carbocycles. The fourth-order valence-electron chi connectivity index (χ4n) is 1.47. The molecule has 1 aromatic rings. The van der Waals surface area contributed by atoms with E-state index in [1.807, 2.05) is 13.0 Å². The Morgan fingerprint density at radius 1 is 1.26 bits per heavy atom. The van der Waals surface area contributed by atoms with Crippen molar-refractivity contribution < 1.29 is 14.3 Å². The predicted molar refractivity (Wildman–Crippen MR) is 75.1 cm³/mol. The Labute approximate surface area is 113 Å². The van der Waals surface area contributed by atoms with Crippen LogP contribution in [0.15, 0.2) is 24.3 Å². The van der Waals surface area contributed by atoms with Gasteiger partial charge in [0.2, 0.25) is 5.91 Å². The second-order valence-electron chi connectivity index (χ2n) is 4.19. The van der Waals surface area contributed by atoms with Crippen LogP contribution in [0.2, 0.25) is 0 Å². The largest absolute Gasteiger partial charge is 0.464 e. The molecule has 0 unspecified atom stereocenters. The fourth-order valence-corrected chi connectivity index (χ4v) is 1.47. The molecule has 2 N–H and O–H groups in total. The first-order valence-electron chi connectivity index (χ1n) is 6.39. The zero-order valence-corrected chi connectivity index (χ0v) is 11.4. The highest BCUT2D eigenvalue weighted by molar-refractivity contribution is 5.89. The van der Waals surface area contributed by atoms with E-state index in [1.54, 1.807) is 18.2 Å². The first kappa shape index (κ1) is 15.0. The Morgan fingerprint density at radius 3 is 2.68 bits per heavy atom. The molecule has 0 saturated heterocycles. The van der Waals surface area contributed by atoms with Crippen LogP contribution < -0.4 is 10.6 Å². The quantitative estimate of drug-likeness (QED) is 0.586. The molecule has 0 bridgehead atoms. The topological polar surface area (TPSA) is 67.4 Å². The fraction of sp³-hybridized carbons (Fsp3) is 0.429. The predicted octanol–water partition coefficient (Wildman–Crippen LogP) is 2.40. The highest BCUT2D eigenvalue weighted by Crippen LogP contribution is 2.14. The first-order valence-corrected chi connectivity index (χ1v) is 6.39. The number of anilines is 2. The van der Waals surface area contributed by atoms with E-state index in [1.165, 1.54) is 6.92 Å². The van der Waals surface area contributed by atoms with Gasteiger partial charge in [0.05, 0.1) is 6.61 Å². The van der Waals surface area contributed by atoms with Gasteiger partial charge in [0.15, 0.2) is 0 Å². The smallest absolute Gasteiger partial charge is 0.325 e. The minimum Gasteiger partial charge on any atom is -0.464 e. The van der Waals surface area contributed by atoms with E-state index < -0.39 is 0 Å². The van der Waals surface area contributed by atoms with E-state index in [0.717, 1.165) is 18.5 Å². The molecule has 0 radical (unpaired) electrons. The van der Waals surface area contributed by atoms with Crippen molar-refractivity contribution in [2.24, 2.45) is 0 Å². The summed E-state index contributed by atoms with van der Waals surface area (Å²) < 4.78 is 5.03. The normalized spacial score (nSPS) is 9.79. The Balaban J connectivity index is 2.40. The maximum atomic E-state index is 11.4. The van der Waals surface area contributed by atoms with E-state index in [4.69, 9.17) is 4.74 Å². The van der Waals surface area contributed by atoms with Gasteiger partial charge in [0.25, 0.3) is 0 Å². The van der Waals surface area contributed by atoms with Gasteiger partial charge in [-0.3, -0.25) is 9.59 Å². The maximum Gasteiger partial charge on any atom is 0.325 e. The molecule has 5 heteroatoms. The van der Waals surface area contributed by atoms with Crippen LogP contribution in [-0.4, -0.2) is 25.0 Å². The summed E-state index contributed by atoms with van der Waals surface area (Å²) in [6.45, 7) is 4.07. The van der Waals surface area contributed by atoms with Crippen molar-refractivity contribution in [2.75, 3.05) is 23.8 Å². The number of carbonyl (C=O) groups is 2. The number of hydrogen-bond acceptors (Lipinski definition) is 4. The van der Waals surface area contributed by atoms with E-state index in [0.29, 0.717) is 12.3 Å². The molecule has 0 atom stereocenters. The Morgan fingerprint density at radius 2 is 2.00 bits per heavy atom. The molecule has 0 spiro atoms.